The summed E-state index contributed by atoms with van der Waals surface area (Å²) in [5.74, 6) is 1.88. The van der Waals surface area contributed by atoms with Gasteiger partial charge in [-0.1, -0.05) is 0 Å². The third kappa shape index (κ3) is 1.61. The van der Waals surface area contributed by atoms with Crippen LogP contribution in [0, 0.1) is 6.92 Å². The molecule has 1 aliphatic heterocycles. The zero-order valence-electron chi connectivity index (χ0n) is 5.44. The average Bonchev–Trinajstić information content (AvgIpc) is 1.60. The van der Waals surface area contributed by atoms with E-state index in [1.807, 2.05) is 18.7 Å². The van der Waals surface area contributed by atoms with Gasteiger partial charge in [0.15, 0.2) is 0 Å². The maximum absolute atomic E-state index is 10.4. The Labute approximate surface area is 59.4 Å². The summed E-state index contributed by atoms with van der Waals surface area (Å²) in [4.78, 5) is 10.4. The van der Waals surface area contributed by atoms with Crippen LogP contribution in [0.25, 0.3) is 0 Å². The summed E-state index contributed by atoms with van der Waals surface area (Å²) in [6.45, 7) is 5.28. The molecular weight excluding hydrogens is 134 g/mol. The molecule has 0 saturated carbocycles. The number of carbonyl (C=O) groups excluding carboxylic acids is 1. The molecule has 0 aromatic heterocycles. The molecule has 1 heterocycles. The fourth-order valence-corrected chi connectivity index (χ4v) is 1.78. The molecule has 1 amide bonds. The first-order chi connectivity index (χ1) is 4.12. The van der Waals surface area contributed by atoms with E-state index in [9.17, 15) is 4.79 Å². The van der Waals surface area contributed by atoms with E-state index in [-0.39, 0.29) is 11.4 Å². The van der Waals surface area contributed by atoms with Crippen LogP contribution >= 0.6 is 11.8 Å². The van der Waals surface area contributed by atoms with Crippen molar-refractivity contribution in [1.29, 1.82) is 0 Å². The predicted octanol–water partition coefficient (Wildman–Crippen LogP) is 0.442. The van der Waals surface area contributed by atoms with E-state index < -0.39 is 0 Å². The molecule has 51 valence electrons. The van der Waals surface area contributed by atoms with Crippen molar-refractivity contribution in [3.05, 3.63) is 6.92 Å². The average molecular weight is 144 g/mol. The van der Waals surface area contributed by atoms with Crippen LogP contribution in [0.4, 0.5) is 0 Å². The Bertz CT molecular complexity index is 131. The van der Waals surface area contributed by atoms with Gasteiger partial charge in [-0.3, -0.25) is 4.79 Å². The van der Waals surface area contributed by atoms with Gasteiger partial charge < -0.3 is 5.32 Å². The summed E-state index contributed by atoms with van der Waals surface area (Å²) in [5, 5.41) is 2.78. The predicted molar refractivity (Wildman–Crippen MR) is 39.2 cm³/mol. The zero-order chi connectivity index (χ0) is 6.91. The van der Waals surface area contributed by atoms with Gasteiger partial charge in [0.2, 0.25) is 5.91 Å². The van der Waals surface area contributed by atoms with Crippen molar-refractivity contribution < 1.29 is 4.79 Å². The molecule has 1 N–H and O–H groups in total. The Hall–Kier alpha value is -0.180. The van der Waals surface area contributed by atoms with Gasteiger partial charge >= 0.3 is 0 Å². The van der Waals surface area contributed by atoms with Gasteiger partial charge in [-0.15, -0.1) is 0 Å². The van der Waals surface area contributed by atoms with Crippen LogP contribution in [-0.2, 0) is 4.79 Å². The van der Waals surface area contributed by atoms with Crippen molar-refractivity contribution in [3.8, 4) is 0 Å². The van der Waals surface area contributed by atoms with E-state index in [0.717, 1.165) is 11.5 Å². The van der Waals surface area contributed by atoms with Crippen LogP contribution in [0.5, 0.6) is 0 Å². The molecule has 3 heteroatoms. The highest BCUT2D eigenvalue weighted by molar-refractivity contribution is 8.00. The van der Waals surface area contributed by atoms with Crippen LogP contribution in [-0.4, -0.2) is 23.0 Å². The first-order valence-corrected chi connectivity index (χ1v) is 4.00. The summed E-state index contributed by atoms with van der Waals surface area (Å²) in [6, 6.07) is 0. The standard InChI is InChI=1S/C6H10NOS/c1-5(8)7-6(2)3-9-4-6/h1,3-4H2,2H3,(H,7,8). The molecule has 0 aromatic rings. The zero-order valence-corrected chi connectivity index (χ0v) is 6.25. The number of hydrogen-bond donors (Lipinski definition) is 1. The van der Waals surface area contributed by atoms with Crippen molar-refractivity contribution in [2.45, 2.75) is 12.5 Å². The van der Waals surface area contributed by atoms with Crippen molar-refractivity contribution in [3.63, 3.8) is 0 Å². The monoisotopic (exact) mass is 144 g/mol. The Morgan fingerprint density at radius 1 is 1.78 bits per heavy atom. The van der Waals surface area contributed by atoms with E-state index in [1.54, 1.807) is 0 Å². The molecule has 9 heavy (non-hydrogen) atoms. The maximum Gasteiger partial charge on any atom is 0.220 e. The quantitative estimate of drug-likeness (QED) is 0.578. The molecule has 0 bridgehead atoms. The topological polar surface area (TPSA) is 29.1 Å². The van der Waals surface area contributed by atoms with Crippen molar-refractivity contribution in [1.82, 2.24) is 5.32 Å². The SMILES string of the molecule is [CH2]C(=O)NC1(C)CSC1. The highest BCUT2D eigenvalue weighted by atomic mass is 32.2. The Kier molecular flexibility index (Phi) is 1.70. The molecule has 0 aliphatic carbocycles. The minimum absolute atomic E-state index is 0.0451. The largest absolute Gasteiger partial charge is 0.349 e. The highest BCUT2D eigenvalue weighted by Crippen LogP contribution is 2.28. The number of amides is 1. The summed E-state index contributed by atoms with van der Waals surface area (Å²) in [6.07, 6.45) is 0. The van der Waals surface area contributed by atoms with Crippen LogP contribution < -0.4 is 5.32 Å². The number of hydrogen-bond acceptors (Lipinski definition) is 2. The summed E-state index contributed by atoms with van der Waals surface area (Å²) in [5.41, 5.74) is 0.0451. The van der Waals surface area contributed by atoms with Crippen molar-refractivity contribution in [2.75, 3.05) is 11.5 Å². The van der Waals surface area contributed by atoms with Crippen molar-refractivity contribution in [2.24, 2.45) is 0 Å². The van der Waals surface area contributed by atoms with E-state index in [2.05, 4.69) is 12.2 Å². The van der Waals surface area contributed by atoms with E-state index in [4.69, 9.17) is 0 Å². The molecule has 2 nitrogen and oxygen atoms in total. The number of carbonyl (C=O) groups is 1. The van der Waals surface area contributed by atoms with Crippen LogP contribution in [0.1, 0.15) is 6.92 Å². The molecule has 0 unspecified atom stereocenters. The van der Waals surface area contributed by atoms with Gasteiger partial charge in [-0.2, -0.15) is 11.8 Å². The molecule has 1 fully saturated rings. The molecule has 1 radical (unpaired) electrons. The van der Waals surface area contributed by atoms with Gasteiger partial charge in [0, 0.05) is 18.4 Å². The summed E-state index contributed by atoms with van der Waals surface area (Å²) in [7, 11) is 0. The van der Waals surface area contributed by atoms with Crippen LogP contribution in [0.15, 0.2) is 0 Å². The van der Waals surface area contributed by atoms with E-state index in [0.29, 0.717) is 0 Å². The van der Waals surface area contributed by atoms with E-state index >= 15 is 0 Å². The second-order valence-corrected chi connectivity index (χ2v) is 3.59. The Morgan fingerprint density at radius 3 is 2.44 bits per heavy atom. The lowest BCUT2D eigenvalue weighted by Crippen LogP contribution is -2.55. The maximum atomic E-state index is 10.4. The first-order valence-electron chi connectivity index (χ1n) is 2.84. The molecule has 1 saturated heterocycles. The minimum Gasteiger partial charge on any atom is -0.349 e. The smallest absolute Gasteiger partial charge is 0.220 e. The molecule has 0 aromatic carbocycles. The lowest BCUT2D eigenvalue weighted by molar-refractivity contribution is -0.118. The van der Waals surface area contributed by atoms with Crippen LogP contribution in [0.3, 0.4) is 0 Å². The first kappa shape index (κ1) is 6.93. The van der Waals surface area contributed by atoms with Gasteiger partial charge in [0.1, 0.15) is 0 Å². The molecular formula is C6H10NOS. The van der Waals surface area contributed by atoms with Gasteiger partial charge in [-0.05, 0) is 6.92 Å². The van der Waals surface area contributed by atoms with Gasteiger partial charge in [0.25, 0.3) is 0 Å². The van der Waals surface area contributed by atoms with Crippen molar-refractivity contribution >= 4 is 17.7 Å². The Morgan fingerprint density at radius 2 is 2.33 bits per heavy atom. The second-order valence-electron chi connectivity index (χ2n) is 2.60. The lowest BCUT2D eigenvalue weighted by Gasteiger charge is -2.37. The molecule has 1 rings (SSSR count). The highest BCUT2D eigenvalue weighted by Gasteiger charge is 2.32. The van der Waals surface area contributed by atoms with E-state index in [1.165, 1.54) is 0 Å². The molecule has 1 aliphatic rings. The fraction of sp³-hybridized carbons (Fsp3) is 0.667. The minimum atomic E-state index is -0.169. The second kappa shape index (κ2) is 2.21. The number of thioether (sulfide) groups is 1. The number of rotatable bonds is 1. The van der Waals surface area contributed by atoms with Crippen LogP contribution in [0.2, 0.25) is 0 Å². The summed E-state index contributed by atoms with van der Waals surface area (Å²) < 4.78 is 0. The summed E-state index contributed by atoms with van der Waals surface area (Å²) >= 11 is 1.84. The molecule has 0 atom stereocenters. The van der Waals surface area contributed by atoms with Gasteiger partial charge in [0.05, 0.1) is 5.54 Å². The number of nitrogens with one attached hydrogen (secondary N) is 1. The van der Waals surface area contributed by atoms with Gasteiger partial charge in [-0.25, -0.2) is 0 Å². The third-order valence-corrected chi connectivity index (χ3v) is 2.96. The fourth-order valence-electron chi connectivity index (χ4n) is 0.817. The Balaban J connectivity index is 2.33. The lowest BCUT2D eigenvalue weighted by atomic mass is 10.1. The third-order valence-electron chi connectivity index (χ3n) is 1.28. The molecule has 0 spiro atoms. The normalized spacial score (nSPS) is 22.4.